The molecule has 0 aromatic heterocycles. The van der Waals surface area contributed by atoms with Gasteiger partial charge in [-0.05, 0) is 53.9 Å². The first-order valence-electron chi connectivity index (χ1n) is 9.82. The van der Waals surface area contributed by atoms with E-state index < -0.39 is 0 Å². The summed E-state index contributed by atoms with van der Waals surface area (Å²) in [4.78, 5) is 12.6. The summed E-state index contributed by atoms with van der Waals surface area (Å²) in [6.45, 7) is 2.75. The number of hydrogen-bond acceptors (Lipinski definition) is 3. The molecule has 3 heteroatoms. The molecule has 0 spiro atoms. The minimum Gasteiger partial charge on any atom is -0.463 e. The number of ether oxygens (including phenoxy) is 2. The minimum atomic E-state index is -0.355. The van der Waals surface area contributed by atoms with E-state index in [1.54, 1.807) is 0 Å². The fourth-order valence-corrected chi connectivity index (χ4v) is 5.08. The third-order valence-electron chi connectivity index (χ3n) is 6.52. The van der Waals surface area contributed by atoms with Crippen molar-refractivity contribution in [2.24, 2.45) is 17.3 Å². The molecular weight excluding hydrogens is 336 g/mol. The van der Waals surface area contributed by atoms with Gasteiger partial charge in [-0.1, -0.05) is 60.7 Å². The SMILES string of the molecule is CC1(C(=O)OCCOC2c3ccccc3-c3ccccc32)CC2C=CC1C2. The third-order valence-corrected chi connectivity index (χ3v) is 6.52. The van der Waals surface area contributed by atoms with Crippen molar-refractivity contribution in [3.05, 3.63) is 71.8 Å². The Kier molecular flexibility index (Phi) is 3.94. The summed E-state index contributed by atoms with van der Waals surface area (Å²) in [6, 6.07) is 16.7. The van der Waals surface area contributed by atoms with Gasteiger partial charge in [0.2, 0.25) is 0 Å². The smallest absolute Gasteiger partial charge is 0.312 e. The standard InChI is InChI=1S/C24H24O3/c1-24(15-16-10-11-17(24)14-16)23(25)27-13-12-26-22-20-8-4-2-6-18(20)19-7-3-5-9-21(19)22/h2-11,16-17,22H,12-15H2,1H3. The van der Waals surface area contributed by atoms with Gasteiger partial charge in [0.1, 0.15) is 12.7 Å². The van der Waals surface area contributed by atoms with Gasteiger partial charge in [0.15, 0.2) is 0 Å². The molecule has 3 aliphatic carbocycles. The van der Waals surface area contributed by atoms with E-state index in [9.17, 15) is 4.79 Å². The average Bonchev–Trinajstić information content (AvgIpc) is 3.37. The van der Waals surface area contributed by atoms with E-state index in [-0.39, 0.29) is 17.5 Å². The summed E-state index contributed by atoms with van der Waals surface area (Å²) >= 11 is 0. The average molecular weight is 360 g/mol. The number of rotatable bonds is 5. The van der Waals surface area contributed by atoms with Crippen molar-refractivity contribution in [2.45, 2.75) is 25.9 Å². The summed E-state index contributed by atoms with van der Waals surface area (Å²) in [7, 11) is 0. The summed E-state index contributed by atoms with van der Waals surface area (Å²) < 4.78 is 11.8. The Morgan fingerprint density at radius 2 is 1.67 bits per heavy atom. The number of carbonyl (C=O) groups excluding carboxylic acids is 1. The molecule has 3 unspecified atom stereocenters. The topological polar surface area (TPSA) is 35.5 Å². The van der Waals surface area contributed by atoms with E-state index in [2.05, 4.69) is 48.6 Å². The number of esters is 1. The maximum atomic E-state index is 12.6. The molecule has 3 nitrogen and oxygen atoms in total. The molecule has 1 fully saturated rings. The van der Waals surface area contributed by atoms with E-state index in [1.807, 2.05) is 19.1 Å². The fraction of sp³-hybridized carbons (Fsp3) is 0.375. The van der Waals surface area contributed by atoms with Crippen LogP contribution in [-0.2, 0) is 14.3 Å². The van der Waals surface area contributed by atoms with Crippen LogP contribution in [0, 0.1) is 17.3 Å². The van der Waals surface area contributed by atoms with Gasteiger partial charge in [0, 0.05) is 0 Å². The van der Waals surface area contributed by atoms with Gasteiger partial charge in [0.05, 0.1) is 12.0 Å². The maximum Gasteiger partial charge on any atom is 0.312 e. The molecule has 2 bridgehead atoms. The molecule has 2 aromatic carbocycles. The van der Waals surface area contributed by atoms with Crippen LogP contribution in [0.5, 0.6) is 0 Å². The zero-order valence-electron chi connectivity index (χ0n) is 15.6. The van der Waals surface area contributed by atoms with Gasteiger partial charge in [0.25, 0.3) is 0 Å². The highest BCUT2D eigenvalue weighted by Crippen LogP contribution is 2.52. The zero-order valence-corrected chi connectivity index (χ0v) is 15.6. The lowest BCUT2D eigenvalue weighted by Crippen LogP contribution is -2.34. The first-order valence-corrected chi connectivity index (χ1v) is 9.82. The predicted octanol–water partition coefficient (Wildman–Crippen LogP) is 4.92. The predicted molar refractivity (Wildman–Crippen MR) is 104 cm³/mol. The van der Waals surface area contributed by atoms with Gasteiger partial charge in [-0.25, -0.2) is 0 Å². The molecule has 5 rings (SSSR count). The molecule has 3 atom stereocenters. The van der Waals surface area contributed by atoms with Crippen molar-refractivity contribution in [1.82, 2.24) is 0 Å². The Morgan fingerprint density at radius 3 is 2.26 bits per heavy atom. The van der Waals surface area contributed by atoms with E-state index in [0.29, 0.717) is 25.0 Å². The molecule has 3 aliphatic rings. The maximum absolute atomic E-state index is 12.6. The number of fused-ring (bicyclic) bond motifs is 5. The quantitative estimate of drug-likeness (QED) is 0.431. The van der Waals surface area contributed by atoms with Gasteiger partial charge in [-0.2, -0.15) is 0 Å². The van der Waals surface area contributed by atoms with Crippen molar-refractivity contribution < 1.29 is 14.3 Å². The van der Waals surface area contributed by atoms with Crippen molar-refractivity contribution >= 4 is 5.97 Å². The molecular formula is C24H24O3. The Balaban J connectivity index is 1.23. The lowest BCUT2D eigenvalue weighted by Gasteiger charge is -2.28. The highest BCUT2D eigenvalue weighted by atomic mass is 16.6. The lowest BCUT2D eigenvalue weighted by molar-refractivity contribution is -0.158. The Morgan fingerprint density at radius 1 is 1.00 bits per heavy atom. The molecule has 2 aromatic rings. The second-order valence-corrected chi connectivity index (χ2v) is 8.17. The second-order valence-electron chi connectivity index (χ2n) is 8.17. The summed E-state index contributed by atoms with van der Waals surface area (Å²) in [5, 5.41) is 0. The zero-order chi connectivity index (χ0) is 18.4. The Bertz CT molecular complexity index is 870. The monoisotopic (exact) mass is 360 g/mol. The van der Waals surface area contributed by atoms with Crippen molar-refractivity contribution in [3.63, 3.8) is 0 Å². The second kappa shape index (κ2) is 6.35. The molecule has 138 valence electrons. The summed E-state index contributed by atoms with van der Waals surface area (Å²) in [5.74, 6) is 0.815. The van der Waals surface area contributed by atoms with Crippen LogP contribution in [0.4, 0.5) is 0 Å². The summed E-state index contributed by atoms with van der Waals surface area (Å²) in [5.41, 5.74) is 4.49. The molecule has 0 amide bonds. The van der Waals surface area contributed by atoms with Crippen molar-refractivity contribution in [2.75, 3.05) is 13.2 Å². The molecule has 0 N–H and O–H groups in total. The van der Waals surface area contributed by atoms with Gasteiger partial charge in [-0.15, -0.1) is 0 Å². The highest BCUT2D eigenvalue weighted by Gasteiger charge is 2.51. The van der Waals surface area contributed by atoms with Gasteiger partial charge < -0.3 is 9.47 Å². The molecule has 0 aliphatic heterocycles. The molecule has 27 heavy (non-hydrogen) atoms. The van der Waals surface area contributed by atoms with Crippen LogP contribution in [0.3, 0.4) is 0 Å². The first kappa shape index (κ1) is 16.8. The molecule has 0 heterocycles. The normalized spacial score (nSPS) is 27.6. The molecule has 0 saturated heterocycles. The third kappa shape index (κ3) is 2.64. The number of allylic oxidation sites excluding steroid dienone is 2. The molecule has 0 radical (unpaired) electrons. The largest absolute Gasteiger partial charge is 0.463 e. The number of benzene rings is 2. The van der Waals surface area contributed by atoms with E-state index in [0.717, 1.165) is 12.8 Å². The fourth-order valence-electron chi connectivity index (χ4n) is 5.08. The van der Waals surface area contributed by atoms with Gasteiger partial charge in [-0.3, -0.25) is 4.79 Å². The van der Waals surface area contributed by atoms with Crippen LogP contribution in [0.2, 0.25) is 0 Å². The lowest BCUT2D eigenvalue weighted by atomic mass is 9.78. The van der Waals surface area contributed by atoms with Crippen molar-refractivity contribution in [3.8, 4) is 11.1 Å². The molecule has 1 saturated carbocycles. The van der Waals surface area contributed by atoms with Crippen LogP contribution in [0.25, 0.3) is 11.1 Å². The van der Waals surface area contributed by atoms with E-state index in [4.69, 9.17) is 9.47 Å². The van der Waals surface area contributed by atoms with Crippen LogP contribution in [0.1, 0.15) is 37.0 Å². The Labute approximate surface area is 160 Å². The van der Waals surface area contributed by atoms with Gasteiger partial charge >= 0.3 is 5.97 Å². The van der Waals surface area contributed by atoms with Crippen molar-refractivity contribution in [1.29, 1.82) is 0 Å². The highest BCUT2D eigenvalue weighted by molar-refractivity contribution is 5.78. The van der Waals surface area contributed by atoms with E-state index in [1.165, 1.54) is 22.3 Å². The van der Waals surface area contributed by atoms with Crippen LogP contribution < -0.4 is 0 Å². The van der Waals surface area contributed by atoms with Crippen LogP contribution >= 0.6 is 0 Å². The van der Waals surface area contributed by atoms with E-state index >= 15 is 0 Å². The Hall–Kier alpha value is -2.39. The minimum absolute atomic E-state index is 0.0739. The van der Waals surface area contributed by atoms with Crippen LogP contribution in [0.15, 0.2) is 60.7 Å². The number of carbonyl (C=O) groups is 1. The number of hydrogen-bond donors (Lipinski definition) is 0. The summed E-state index contributed by atoms with van der Waals surface area (Å²) in [6.07, 6.45) is 6.36. The first-order chi connectivity index (χ1) is 13.2. The van der Waals surface area contributed by atoms with Crippen LogP contribution in [-0.4, -0.2) is 19.2 Å².